The lowest BCUT2D eigenvalue weighted by molar-refractivity contribution is 0.337. The van der Waals surface area contributed by atoms with Gasteiger partial charge in [-0.05, 0) is 51.7 Å². The summed E-state index contributed by atoms with van der Waals surface area (Å²) < 4.78 is 1.20. The van der Waals surface area contributed by atoms with Crippen molar-refractivity contribution in [2.24, 2.45) is 0 Å². The van der Waals surface area contributed by atoms with Crippen LogP contribution in [-0.4, -0.2) is 44.7 Å². The van der Waals surface area contributed by atoms with E-state index < -0.39 is 0 Å². The van der Waals surface area contributed by atoms with Crippen molar-refractivity contribution in [3.8, 4) is 0 Å². The van der Waals surface area contributed by atoms with E-state index in [9.17, 15) is 0 Å². The first kappa shape index (κ1) is 14.8. The Morgan fingerprint density at radius 3 is 2.84 bits per heavy atom. The van der Waals surface area contributed by atoms with E-state index in [-0.39, 0.29) is 0 Å². The summed E-state index contributed by atoms with van der Waals surface area (Å²) in [7, 11) is 4.19. The lowest BCUT2D eigenvalue weighted by Crippen LogP contribution is -2.37. The number of rotatable bonds is 3. The summed E-state index contributed by atoms with van der Waals surface area (Å²) in [5.74, 6) is 0. The molecular formula is C15H24BrN3. The number of hydrogen-bond donors (Lipinski definition) is 1. The fourth-order valence-corrected chi connectivity index (χ4v) is 3.31. The van der Waals surface area contributed by atoms with Gasteiger partial charge in [-0.25, -0.2) is 0 Å². The van der Waals surface area contributed by atoms with Crippen LogP contribution in [0.25, 0.3) is 0 Å². The van der Waals surface area contributed by atoms with Crippen LogP contribution < -0.4 is 10.2 Å². The van der Waals surface area contributed by atoms with Gasteiger partial charge in [-0.15, -0.1) is 0 Å². The molecule has 0 aromatic heterocycles. The summed E-state index contributed by atoms with van der Waals surface area (Å²) in [6.07, 6.45) is 1.23. The molecule has 0 spiro atoms. The van der Waals surface area contributed by atoms with Crippen LogP contribution in [0.1, 0.15) is 18.9 Å². The number of nitrogens with one attached hydrogen (secondary N) is 1. The minimum atomic E-state index is 0.564. The van der Waals surface area contributed by atoms with Gasteiger partial charge in [0.2, 0.25) is 0 Å². The van der Waals surface area contributed by atoms with Crippen LogP contribution in [0.3, 0.4) is 0 Å². The molecular weight excluding hydrogens is 302 g/mol. The number of benzene rings is 1. The third-order valence-corrected chi connectivity index (χ3v) is 4.52. The molecule has 4 heteroatoms. The number of likely N-dealkylation sites (N-methyl/N-ethyl adjacent to an activating group) is 1. The average molecular weight is 326 g/mol. The van der Waals surface area contributed by atoms with Gasteiger partial charge in [-0.2, -0.15) is 0 Å². The Balaban J connectivity index is 2.18. The van der Waals surface area contributed by atoms with Gasteiger partial charge in [-0.1, -0.05) is 22.0 Å². The highest BCUT2D eigenvalue weighted by Gasteiger charge is 2.20. The molecule has 1 fully saturated rings. The largest absolute Gasteiger partial charge is 0.367 e. The molecule has 1 aromatic carbocycles. The van der Waals surface area contributed by atoms with E-state index in [1.54, 1.807) is 0 Å². The summed E-state index contributed by atoms with van der Waals surface area (Å²) in [5.41, 5.74) is 2.64. The molecule has 0 saturated carbocycles. The number of hydrogen-bond acceptors (Lipinski definition) is 3. The zero-order chi connectivity index (χ0) is 13.8. The van der Waals surface area contributed by atoms with Crippen LogP contribution >= 0.6 is 15.9 Å². The van der Waals surface area contributed by atoms with Crippen molar-refractivity contribution >= 4 is 21.6 Å². The quantitative estimate of drug-likeness (QED) is 0.921. The fourth-order valence-electron chi connectivity index (χ4n) is 2.80. The first-order chi connectivity index (χ1) is 9.11. The van der Waals surface area contributed by atoms with E-state index in [0.29, 0.717) is 6.04 Å². The Bertz CT molecular complexity index is 422. The highest BCUT2D eigenvalue weighted by molar-refractivity contribution is 9.10. The van der Waals surface area contributed by atoms with Crippen LogP contribution in [0.2, 0.25) is 0 Å². The Hall–Kier alpha value is -0.580. The second-order valence-electron chi connectivity index (χ2n) is 5.46. The van der Waals surface area contributed by atoms with Crippen molar-refractivity contribution in [2.75, 3.05) is 38.6 Å². The maximum absolute atomic E-state index is 3.69. The van der Waals surface area contributed by atoms with Gasteiger partial charge in [-0.3, -0.25) is 0 Å². The minimum absolute atomic E-state index is 0.564. The predicted octanol–water partition coefficient (Wildman–Crippen LogP) is 2.70. The number of halogens is 1. The van der Waals surface area contributed by atoms with Crippen LogP contribution in [0.5, 0.6) is 0 Å². The second-order valence-corrected chi connectivity index (χ2v) is 6.32. The van der Waals surface area contributed by atoms with Crippen LogP contribution in [0.15, 0.2) is 22.7 Å². The van der Waals surface area contributed by atoms with E-state index in [0.717, 1.165) is 19.6 Å². The maximum Gasteiger partial charge on any atom is 0.0388 e. The number of nitrogens with zero attached hydrogens (tertiary/aromatic N) is 2. The van der Waals surface area contributed by atoms with E-state index >= 15 is 0 Å². The Labute approximate surface area is 125 Å². The summed E-state index contributed by atoms with van der Waals surface area (Å²) in [6, 6.07) is 7.29. The molecule has 106 valence electrons. The summed E-state index contributed by atoms with van der Waals surface area (Å²) in [5, 5.41) is 3.20. The highest BCUT2D eigenvalue weighted by Crippen LogP contribution is 2.26. The lowest BCUT2D eigenvalue weighted by Gasteiger charge is -2.30. The SMILES string of the molecule is CNCc1ccc(N2CCCN(C)CC2C)cc1Br. The normalized spacial score (nSPS) is 21.5. The minimum Gasteiger partial charge on any atom is -0.367 e. The topological polar surface area (TPSA) is 18.5 Å². The summed E-state index contributed by atoms with van der Waals surface area (Å²) in [4.78, 5) is 4.95. The summed E-state index contributed by atoms with van der Waals surface area (Å²) >= 11 is 3.69. The smallest absolute Gasteiger partial charge is 0.0388 e. The van der Waals surface area contributed by atoms with Crippen molar-refractivity contribution in [1.82, 2.24) is 10.2 Å². The van der Waals surface area contributed by atoms with Crippen LogP contribution in [0, 0.1) is 0 Å². The molecule has 1 aliphatic heterocycles. The zero-order valence-corrected chi connectivity index (χ0v) is 13.7. The van der Waals surface area contributed by atoms with Gasteiger partial charge in [0.15, 0.2) is 0 Å². The van der Waals surface area contributed by atoms with E-state index in [1.165, 1.54) is 28.7 Å². The van der Waals surface area contributed by atoms with Crippen molar-refractivity contribution < 1.29 is 0 Å². The van der Waals surface area contributed by atoms with Gasteiger partial charge < -0.3 is 15.1 Å². The molecule has 0 aliphatic carbocycles. The monoisotopic (exact) mass is 325 g/mol. The van der Waals surface area contributed by atoms with E-state index in [2.05, 4.69) is 63.2 Å². The van der Waals surface area contributed by atoms with Crippen molar-refractivity contribution in [1.29, 1.82) is 0 Å². The van der Waals surface area contributed by atoms with Gasteiger partial charge in [0.25, 0.3) is 0 Å². The zero-order valence-electron chi connectivity index (χ0n) is 12.1. The van der Waals surface area contributed by atoms with Gasteiger partial charge in [0, 0.05) is 35.8 Å². The third-order valence-electron chi connectivity index (χ3n) is 3.78. The Morgan fingerprint density at radius 2 is 2.16 bits per heavy atom. The van der Waals surface area contributed by atoms with E-state index in [4.69, 9.17) is 0 Å². The Morgan fingerprint density at radius 1 is 1.37 bits per heavy atom. The molecule has 1 aliphatic rings. The molecule has 0 amide bonds. The first-order valence-corrected chi connectivity index (χ1v) is 7.79. The number of anilines is 1. The molecule has 3 nitrogen and oxygen atoms in total. The average Bonchev–Trinajstić information content (AvgIpc) is 2.53. The highest BCUT2D eigenvalue weighted by atomic mass is 79.9. The predicted molar refractivity (Wildman–Crippen MR) is 85.8 cm³/mol. The molecule has 0 radical (unpaired) electrons. The maximum atomic E-state index is 3.69. The van der Waals surface area contributed by atoms with Gasteiger partial charge >= 0.3 is 0 Å². The molecule has 0 bridgehead atoms. The molecule has 1 N–H and O–H groups in total. The van der Waals surface area contributed by atoms with Crippen LogP contribution in [-0.2, 0) is 6.54 Å². The molecule has 1 aromatic rings. The molecule has 1 unspecified atom stereocenters. The van der Waals surface area contributed by atoms with E-state index in [1.807, 2.05) is 7.05 Å². The third kappa shape index (κ3) is 3.71. The second kappa shape index (κ2) is 6.73. The fraction of sp³-hybridized carbons (Fsp3) is 0.600. The molecule has 2 rings (SSSR count). The van der Waals surface area contributed by atoms with Crippen molar-refractivity contribution in [3.05, 3.63) is 28.2 Å². The Kier molecular flexibility index (Phi) is 5.25. The van der Waals surface area contributed by atoms with Crippen LogP contribution in [0.4, 0.5) is 5.69 Å². The first-order valence-electron chi connectivity index (χ1n) is 7.00. The molecule has 19 heavy (non-hydrogen) atoms. The van der Waals surface area contributed by atoms with Crippen molar-refractivity contribution in [2.45, 2.75) is 25.9 Å². The lowest BCUT2D eigenvalue weighted by atomic mass is 10.1. The standard InChI is InChI=1S/C15H24BrN3/c1-12-11-18(3)7-4-8-19(12)14-6-5-13(10-17-2)15(16)9-14/h5-6,9,12,17H,4,7-8,10-11H2,1-3H3. The molecule has 1 atom stereocenters. The van der Waals surface area contributed by atoms with Gasteiger partial charge in [0.05, 0.1) is 0 Å². The summed E-state index contributed by atoms with van der Waals surface area (Å²) in [6.45, 7) is 6.69. The molecule has 1 heterocycles. The molecule has 1 saturated heterocycles. The van der Waals surface area contributed by atoms with Crippen molar-refractivity contribution in [3.63, 3.8) is 0 Å². The van der Waals surface area contributed by atoms with Gasteiger partial charge in [0.1, 0.15) is 0 Å².